The Labute approximate surface area is 129 Å². The van der Waals surface area contributed by atoms with E-state index >= 15 is 0 Å². The number of anilines is 1. The molecule has 0 spiro atoms. The molecule has 20 heavy (non-hydrogen) atoms. The fourth-order valence-electron chi connectivity index (χ4n) is 2.08. The summed E-state index contributed by atoms with van der Waals surface area (Å²) >= 11 is 9.42. The zero-order valence-electron chi connectivity index (χ0n) is 10.6. The second-order valence-corrected chi connectivity index (χ2v) is 5.51. The van der Waals surface area contributed by atoms with Crippen molar-refractivity contribution < 1.29 is 4.74 Å². The van der Waals surface area contributed by atoms with Gasteiger partial charge in [-0.15, -0.1) is 0 Å². The van der Waals surface area contributed by atoms with Crippen molar-refractivity contribution in [3.63, 3.8) is 0 Å². The van der Waals surface area contributed by atoms with E-state index in [2.05, 4.69) is 20.9 Å². The summed E-state index contributed by atoms with van der Waals surface area (Å²) in [6.45, 7) is 0. The van der Waals surface area contributed by atoms with E-state index in [0.29, 0.717) is 27.9 Å². The first-order valence-electron chi connectivity index (χ1n) is 5.88. The van der Waals surface area contributed by atoms with Gasteiger partial charge in [-0.05, 0) is 40.2 Å². The van der Waals surface area contributed by atoms with Crippen LogP contribution in [0.2, 0.25) is 5.02 Å². The lowest BCUT2D eigenvalue weighted by atomic mass is 10.1. The Hall–Kier alpha value is -1.72. The number of pyridine rings is 1. The van der Waals surface area contributed by atoms with Gasteiger partial charge in [0.15, 0.2) is 11.4 Å². The van der Waals surface area contributed by atoms with Gasteiger partial charge in [-0.25, -0.2) is 4.98 Å². The highest BCUT2D eigenvalue weighted by Gasteiger charge is 2.14. The molecular formula is C14H11BrClN3O. The lowest BCUT2D eigenvalue weighted by Gasteiger charge is -2.02. The molecule has 0 saturated carbocycles. The van der Waals surface area contributed by atoms with Gasteiger partial charge in [-0.1, -0.05) is 17.7 Å². The van der Waals surface area contributed by atoms with E-state index in [9.17, 15) is 0 Å². The molecule has 0 saturated heterocycles. The number of hydrogen-bond donors (Lipinski definition) is 1. The minimum atomic E-state index is 0.563. The van der Waals surface area contributed by atoms with Crippen LogP contribution in [0.1, 0.15) is 0 Å². The van der Waals surface area contributed by atoms with Crippen molar-refractivity contribution in [2.75, 3.05) is 12.8 Å². The number of aromatic nitrogens is 2. The Kier molecular flexibility index (Phi) is 3.31. The predicted octanol–water partition coefficient (Wildman–Crippen LogP) is 4.01. The fourth-order valence-corrected chi connectivity index (χ4v) is 2.57. The molecule has 0 unspecified atom stereocenters. The number of hydrogen-bond acceptors (Lipinski definition) is 3. The molecule has 3 aromatic rings. The maximum absolute atomic E-state index is 6.18. The monoisotopic (exact) mass is 351 g/mol. The second-order valence-electron chi connectivity index (χ2n) is 4.24. The molecule has 0 amide bonds. The maximum atomic E-state index is 6.18. The van der Waals surface area contributed by atoms with Gasteiger partial charge in [0, 0.05) is 16.2 Å². The van der Waals surface area contributed by atoms with Crippen molar-refractivity contribution in [1.82, 2.24) is 9.38 Å². The van der Waals surface area contributed by atoms with Crippen molar-refractivity contribution in [1.29, 1.82) is 0 Å². The number of imidazole rings is 1. The number of nitrogen functional groups attached to an aromatic ring is 1. The Morgan fingerprint density at radius 2 is 2.15 bits per heavy atom. The molecule has 4 nitrogen and oxygen atoms in total. The molecule has 1 aromatic carbocycles. The van der Waals surface area contributed by atoms with Crippen LogP contribution in [0.25, 0.3) is 16.9 Å². The molecule has 0 bridgehead atoms. The van der Waals surface area contributed by atoms with E-state index in [1.165, 1.54) is 0 Å². The van der Waals surface area contributed by atoms with E-state index in [1.807, 2.05) is 36.5 Å². The number of halogens is 2. The fraction of sp³-hybridized carbons (Fsp3) is 0.0714. The summed E-state index contributed by atoms with van der Waals surface area (Å²) in [5, 5.41) is 0.647. The highest BCUT2D eigenvalue weighted by molar-refractivity contribution is 9.10. The third-order valence-corrected chi connectivity index (χ3v) is 4.28. The summed E-state index contributed by atoms with van der Waals surface area (Å²) in [5.41, 5.74) is 8.46. The predicted molar refractivity (Wildman–Crippen MR) is 84.3 cm³/mol. The summed E-state index contributed by atoms with van der Waals surface area (Å²) in [6, 6.07) is 9.31. The Morgan fingerprint density at radius 3 is 2.85 bits per heavy atom. The van der Waals surface area contributed by atoms with Gasteiger partial charge < -0.3 is 10.5 Å². The molecule has 0 aliphatic heterocycles. The van der Waals surface area contributed by atoms with E-state index in [1.54, 1.807) is 11.5 Å². The molecule has 102 valence electrons. The molecule has 0 aliphatic rings. The highest BCUT2D eigenvalue weighted by Crippen LogP contribution is 2.33. The standard InChI is InChI=1S/C14H11BrClN3O/c1-20-11-3-2-6-19-13(17)12(18-14(11)19)8-4-5-10(16)9(15)7-8/h2-7H,17H2,1H3. The number of ether oxygens (including phenoxy) is 1. The van der Waals surface area contributed by atoms with E-state index < -0.39 is 0 Å². The molecular weight excluding hydrogens is 342 g/mol. The summed E-state index contributed by atoms with van der Waals surface area (Å²) in [7, 11) is 1.61. The molecule has 2 N–H and O–H groups in total. The van der Waals surface area contributed by atoms with Gasteiger partial charge in [0.2, 0.25) is 0 Å². The first kappa shape index (κ1) is 13.3. The Bertz CT molecular complexity index is 800. The lowest BCUT2D eigenvalue weighted by molar-refractivity contribution is 0.417. The molecule has 2 heterocycles. The van der Waals surface area contributed by atoms with Crippen molar-refractivity contribution in [3.8, 4) is 17.0 Å². The van der Waals surface area contributed by atoms with Crippen molar-refractivity contribution in [3.05, 3.63) is 46.0 Å². The van der Waals surface area contributed by atoms with Crippen LogP contribution in [-0.2, 0) is 0 Å². The van der Waals surface area contributed by atoms with Gasteiger partial charge in [0.05, 0.1) is 12.1 Å². The van der Waals surface area contributed by atoms with Gasteiger partial charge in [0.25, 0.3) is 0 Å². The summed E-state index contributed by atoms with van der Waals surface area (Å²) in [4.78, 5) is 4.57. The number of nitrogens with two attached hydrogens (primary N) is 1. The topological polar surface area (TPSA) is 52.5 Å². The minimum absolute atomic E-state index is 0.563. The van der Waals surface area contributed by atoms with E-state index in [4.69, 9.17) is 22.1 Å². The third kappa shape index (κ3) is 2.03. The third-order valence-electron chi connectivity index (χ3n) is 3.06. The van der Waals surface area contributed by atoms with Crippen LogP contribution >= 0.6 is 27.5 Å². The van der Waals surface area contributed by atoms with Crippen LogP contribution in [0, 0.1) is 0 Å². The van der Waals surface area contributed by atoms with Gasteiger partial charge in [0.1, 0.15) is 11.5 Å². The highest BCUT2D eigenvalue weighted by atomic mass is 79.9. The second kappa shape index (κ2) is 5.00. The number of fused-ring (bicyclic) bond motifs is 1. The summed E-state index contributed by atoms with van der Waals surface area (Å²) < 4.78 is 7.91. The normalized spacial score (nSPS) is 10.9. The molecule has 0 radical (unpaired) electrons. The number of benzene rings is 1. The molecule has 0 atom stereocenters. The summed E-state index contributed by atoms with van der Waals surface area (Å²) in [5.74, 6) is 1.24. The van der Waals surface area contributed by atoms with Crippen LogP contribution in [0.5, 0.6) is 5.75 Å². The molecule has 2 aromatic heterocycles. The minimum Gasteiger partial charge on any atom is -0.493 e. The van der Waals surface area contributed by atoms with Gasteiger partial charge in [-0.3, -0.25) is 4.40 Å². The van der Waals surface area contributed by atoms with Crippen LogP contribution < -0.4 is 10.5 Å². The van der Waals surface area contributed by atoms with E-state index in [-0.39, 0.29) is 0 Å². The van der Waals surface area contributed by atoms with Crippen LogP contribution in [-0.4, -0.2) is 16.5 Å². The maximum Gasteiger partial charge on any atom is 0.181 e. The van der Waals surface area contributed by atoms with Crippen molar-refractivity contribution in [2.24, 2.45) is 0 Å². The van der Waals surface area contributed by atoms with Crippen molar-refractivity contribution >= 4 is 39.0 Å². The zero-order chi connectivity index (χ0) is 14.3. The number of rotatable bonds is 2. The average molecular weight is 353 g/mol. The average Bonchev–Trinajstić information content (AvgIpc) is 2.79. The number of nitrogens with zero attached hydrogens (tertiary/aromatic N) is 2. The Morgan fingerprint density at radius 1 is 1.35 bits per heavy atom. The molecule has 0 fully saturated rings. The molecule has 0 aliphatic carbocycles. The van der Waals surface area contributed by atoms with Crippen LogP contribution in [0.4, 0.5) is 5.82 Å². The van der Waals surface area contributed by atoms with Crippen molar-refractivity contribution in [2.45, 2.75) is 0 Å². The number of methoxy groups -OCH3 is 1. The van der Waals surface area contributed by atoms with Gasteiger partial charge in [-0.2, -0.15) is 0 Å². The first-order chi connectivity index (χ1) is 9.61. The first-order valence-corrected chi connectivity index (χ1v) is 7.05. The molecule has 6 heteroatoms. The molecule has 3 rings (SSSR count). The lowest BCUT2D eigenvalue weighted by Crippen LogP contribution is -1.95. The summed E-state index contributed by atoms with van der Waals surface area (Å²) in [6.07, 6.45) is 1.86. The van der Waals surface area contributed by atoms with Crippen LogP contribution in [0.15, 0.2) is 41.0 Å². The SMILES string of the molecule is COc1cccn2c(N)c(-c3ccc(Cl)c(Br)c3)nc12. The quantitative estimate of drug-likeness (QED) is 0.758. The smallest absolute Gasteiger partial charge is 0.181 e. The largest absolute Gasteiger partial charge is 0.493 e. The Balaban J connectivity index is 2.26. The van der Waals surface area contributed by atoms with Crippen LogP contribution in [0.3, 0.4) is 0 Å². The zero-order valence-corrected chi connectivity index (χ0v) is 12.9. The van der Waals surface area contributed by atoms with E-state index in [0.717, 1.165) is 10.0 Å². The van der Waals surface area contributed by atoms with Gasteiger partial charge >= 0.3 is 0 Å².